The van der Waals surface area contributed by atoms with E-state index in [0.29, 0.717) is 0 Å². The van der Waals surface area contributed by atoms with Crippen LogP contribution in [0.1, 0.15) is 61.3 Å². The molecule has 0 radical (unpaired) electrons. The first-order chi connectivity index (χ1) is 12.7. The summed E-state index contributed by atoms with van der Waals surface area (Å²) < 4.78 is 12.1. The van der Waals surface area contributed by atoms with E-state index in [-0.39, 0.29) is 23.2 Å². The first kappa shape index (κ1) is 26.6. The molecule has 0 aliphatic rings. The van der Waals surface area contributed by atoms with Crippen LogP contribution in [-0.4, -0.2) is 26.5 Å². The second-order valence-corrected chi connectivity index (χ2v) is 14.2. The van der Waals surface area contributed by atoms with Gasteiger partial charge in [0.2, 0.25) is 0 Å². The van der Waals surface area contributed by atoms with E-state index in [0.717, 1.165) is 24.0 Å². The summed E-state index contributed by atoms with van der Waals surface area (Å²) in [6, 6.07) is 0. The minimum absolute atomic E-state index is 0.0827. The fourth-order valence-electron chi connectivity index (χ4n) is 2.90. The van der Waals surface area contributed by atoms with Gasteiger partial charge in [-0.15, -0.1) is 0 Å². The minimum atomic E-state index is -1.84. The van der Waals surface area contributed by atoms with Gasteiger partial charge < -0.3 is 9.16 Å². The number of carbonyl (C=O) groups is 1. The Hall–Kier alpha value is -1.39. The largest absolute Gasteiger partial charge is 0.454 e. The predicted molar refractivity (Wildman–Crippen MR) is 124 cm³/mol. The summed E-state index contributed by atoms with van der Waals surface area (Å²) in [5, 5.41) is 0.177. The van der Waals surface area contributed by atoms with Crippen LogP contribution in [-0.2, 0) is 14.0 Å². The number of hydrogen-bond donors (Lipinski definition) is 0. The topological polar surface area (TPSA) is 35.5 Å². The zero-order valence-corrected chi connectivity index (χ0v) is 20.6. The molecule has 1 unspecified atom stereocenters. The molecule has 0 aromatic carbocycles. The Balaban J connectivity index is 5.21. The molecular formula is C24H42O3Si. The molecule has 3 nitrogen and oxygen atoms in total. The van der Waals surface area contributed by atoms with Gasteiger partial charge in [-0.25, -0.2) is 4.79 Å². The maximum Gasteiger partial charge on any atom is 0.330 e. The van der Waals surface area contributed by atoms with Gasteiger partial charge in [-0.2, -0.15) is 0 Å². The highest BCUT2D eigenvalue weighted by molar-refractivity contribution is 6.74. The summed E-state index contributed by atoms with van der Waals surface area (Å²) in [4.78, 5) is 11.6. The Kier molecular flexibility index (Phi) is 10.4. The van der Waals surface area contributed by atoms with Gasteiger partial charge in [0, 0.05) is 12.0 Å². The molecule has 160 valence electrons. The number of rotatable bonds is 11. The summed E-state index contributed by atoms with van der Waals surface area (Å²) in [5.41, 5.74) is 3.02. The highest BCUT2D eigenvalue weighted by Gasteiger charge is 2.39. The molecule has 0 rings (SSSR count). The van der Waals surface area contributed by atoms with Crippen LogP contribution in [0.5, 0.6) is 0 Å². The molecule has 28 heavy (non-hydrogen) atoms. The van der Waals surface area contributed by atoms with E-state index in [1.54, 1.807) is 0 Å². The fourth-order valence-corrected chi connectivity index (χ4v) is 4.32. The maximum absolute atomic E-state index is 11.6. The molecular weight excluding hydrogens is 364 g/mol. The Labute approximate surface area is 174 Å². The van der Waals surface area contributed by atoms with Crippen molar-refractivity contribution in [3.05, 3.63) is 48.6 Å². The van der Waals surface area contributed by atoms with Crippen molar-refractivity contribution in [1.29, 1.82) is 0 Å². The number of esters is 1. The van der Waals surface area contributed by atoms with E-state index in [9.17, 15) is 4.79 Å². The highest BCUT2D eigenvalue weighted by Crippen LogP contribution is 2.38. The Morgan fingerprint density at radius 1 is 1.18 bits per heavy atom. The van der Waals surface area contributed by atoms with E-state index in [1.165, 1.54) is 11.6 Å². The summed E-state index contributed by atoms with van der Waals surface area (Å²) in [6.07, 6.45) is 4.72. The quantitative estimate of drug-likeness (QED) is 0.122. The first-order valence-corrected chi connectivity index (χ1v) is 13.1. The second-order valence-electron chi connectivity index (χ2n) is 9.41. The van der Waals surface area contributed by atoms with Crippen LogP contribution in [0.15, 0.2) is 48.6 Å². The third-order valence-corrected chi connectivity index (χ3v) is 10.0. The zero-order chi connectivity index (χ0) is 22.3. The van der Waals surface area contributed by atoms with Crippen LogP contribution in [0.4, 0.5) is 0 Å². The van der Waals surface area contributed by atoms with E-state index < -0.39 is 14.3 Å². The van der Waals surface area contributed by atoms with Gasteiger partial charge in [-0.05, 0) is 56.0 Å². The summed E-state index contributed by atoms with van der Waals surface area (Å²) in [5.74, 6) is -0.342. The maximum atomic E-state index is 11.6. The van der Waals surface area contributed by atoms with Crippen molar-refractivity contribution in [2.24, 2.45) is 5.92 Å². The number of carbonyl (C=O) groups excluding carboxylic acids is 1. The molecule has 0 bridgehead atoms. The molecule has 0 amide bonds. The van der Waals surface area contributed by atoms with Crippen LogP contribution >= 0.6 is 0 Å². The van der Waals surface area contributed by atoms with Crippen molar-refractivity contribution >= 4 is 14.3 Å². The van der Waals surface area contributed by atoms with Gasteiger partial charge in [0.15, 0.2) is 8.32 Å². The molecule has 0 N–H and O–H groups in total. The first-order valence-electron chi connectivity index (χ1n) is 10.2. The lowest BCUT2D eigenvalue weighted by Crippen LogP contribution is -2.44. The molecule has 0 fully saturated rings. The summed E-state index contributed by atoms with van der Waals surface area (Å²) in [7, 11) is -1.84. The Morgan fingerprint density at radius 2 is 1.71 bits per heavy atom. The smallest absolute Gasteiger partial charge is 0.330 e. The van der Waals surface area contributed by atoms with Crippen molar-refractivity contribution < 1.29 is 14.0 Å². The van der Waals surface area contributed by atoms with Gasteiger partial charge in [0.1, 0.15) is 6.10 Å². The van der Waals surface area contributed by atoms with Crippen molar-refractivity contribution in [2.45, 2.75) is 91.6 Å². The lowest BCUT2D eigenvalue weighted by Gasteiger charge is -2.39. The highest BCUT2D eigenvalue weighted by atomic mass is 28.4. The molecule has 4 heteroatoms. The molecule has 0 saturated carbocycles. The minimum Gasteiger partial charge on any atom is -0.454 e. The number of ether oxygens (including phenoxy) is 1. The SMILES string of the molecule is C=CC(=O)OC(C(=C)C)[C@@H](C)CC(=C)/C=C(\C)[C@@H](CC)O[Si](C)(C)C(C)(C)C. The average Bonchev–Trinajstić information content (AvgIpc) is 2.55. The standard InChI is InChI=1S/C24H42O3Si/c1-13-21(27-28(11,12)24(8,9)10)19(6)15-18(5)16-20(7)23(17(3)4)26-22(25)14-2/h14-15,20-21,23H,2-3,5,13,16H2,1,4,6-12H3/b19-15+/t20-,21+,23?/m0/s1. The van der Waals surface area contributed by atoms with Crippen molar-refractivity contribution in [3.8, 4) is 0 Å². The summed E-state index contributed by atoms with van der Waals surface area (Å²) >= 11 is 0. The van der Waals surface area contributed by atoms with Crippen LogP contribution in [0.2, 0.25) is 18.1 Å². The van der Waals surface area contributed by atoms with E-state index in [2.05, 4.69) is 73.5 Å². The van der Waals surface area contributed by atoms with Crippen LogP contribution in [0.3, 0.4) is 0 Å². The monoisotopic (exact) mass is 406 g/mol. The Bertz CT molecular complexity index is 608. The normalized spacial score (nSPS) is 16.1. The molecule has 0 heterocycles. The van der Waals surface area contributed by atoms with Crippen LogP contribution < -0.4 is 0 Å². The summed E-state index contributed by atoms with van der Waals surface area (Å²) in [6.45, 7) is 31.2. The van der Waals surface area contributed by atoms with E-state index >= 15 is 0 Å². The van der Waals surface area contributed by atoms with E-state index in [1.807, 2.05) is 13.8 Å². The van der Waals surface area contributed by atoms with Crippen molar-refractivity contribution in [2.75, 3.05) is 0 Å². The number of hydrogen-bond acceptors (Lipinski definition) is 3. The van der Waals surface area contributed by atoms with Crippen LogP contribution in [0, 0.1) is 5.92 Å². The number of allylic oxidation sites excluding steroid dienone is 2. The van der Waals surface area contributed by atoms with Gasteiger partial charge in [0.25, 0.3) is 0 Å². The van der Waals surface area contributed by atoms with Crippen molar-refractivity contribution in [1.82, 2.24) is 0 Å². The average molecular weight is 407 g/mol. The van der Waals surface area contributed by atoms with Gasteiger partial charge in [0.05, 0.1) is 6.10 Å². The van der Waals surface area contributed by atoms with Gasteiger partial charge >= 0.3 is 5.97 Å². The molecule has 0 saturated heterocycles. The molecule has 3 atom stereocenters. The van der Waals surface area contributed by atoms with Gasteiger partial charge in [-0.3, -0.25) is 0 Å². The molecule has 0 aromatic heterocycles. The van der Waals surface area contributed by atoms with E-state index in [4.69, 9.17) is 9.16 Å². The predicted octanol–water partition coefficient (Wildman–Crippen LogP) is 6.99. The third-order valence-electron chi connectivity index (χ3n) is 5.55. The second kappa shape index (κ2) is 11.0. The third kappa shape index (κ3) is 8.32. The molecule has 0 spiro atoms. The lowest BCUT2D eigenvalue weighted by molar-refractivity contribution is -0.143. The molecule has 0 aromatic rings. The molecule has 0 aliphatic carbocycles. The zero-order valence-electron chi connectivity index (χ0n) is 19.6. The lowest BCUT2D eigenvalue weighted by atomic mass is 9.91. The van der Waals surface area contributed by atoms with Crippen LogP contribution in [0.25, 0.3) is 0 Å². The Morgan fingerprint density at radius 3 is 2.11 bits per heavy atom. The van der Waals surface area contributed by atoms with Crippen molar-refractivity contribution in [3.63, 3.8) is 0 Å². The molecule has 0 aliphatic heterocycles. The van der Waals surface area contributed by atoms with Gasteiger partial charge in [-0.1, -0.05) is 66.0 Å². The fraction of sp³-hybridized carbons (Fsp3) is 0.625.